The van der Waals surface area contributed by atoms with Gasteiger partial charge in [0, 0.05) is 4.90 Å². The van der Waals surface area contributed by atoms with Crippen LogP contribution >= 0.6 is 11.8 Å². The Labute approximate surface area is 93.4 Å². The molecule has 0 aromatic heterocycles. The Morgan fingerprint density at radius 2 is 2.06 bits per heavy atom. The average Bonchev–Trinajstić information content (AvgIpc) is 2.14. The van der Waals surface area contributed by atoms with Crippen LogP contribution in [0.2, 0.25) is 0 Å². The van der Waals surface area contributed by atoms with Crippen LogP contribution in [-0.2, 0) is 4.79 Å². The Morgan fingerprint density at radius 3 is 2.56 bits per heavy atom. The minimum Gasteiger partial charge on any atom is -0.480 e. The number of carboxylic acids is 1. The second-order valence-electron chi connectivity index (χ2n) is 2.94. The van der Waals surface area contributed by atoms with Gasteiger partial charge in [0.05, 0.1) is 0 Å². The summed E-state index contributed by atoms with van der Waals surface area (Å²) in [4.78, 5) is 10.5. The van der Waals surface area contributed by atoms with Crippen LogP contribution in [-0.4, -0.2) is 16.6 Å². The van der Waals surface area contributed by atoms with E-state index >= 15 is 0 Å². The molecule has 0 saturated heterocycles. The predicted octanol–water partition coefficient (Wildman–Crippen LogP) is 2.38. The number of carbonyl (C=O) groups is 1. The zero-order valence-corrected chi connectivity index (χ0v) is 8.68. The highest BCUT2D eigenvalue weighted by Crippen LogP contribution is 2.37. The van der Waals surface area contributed by atoms with Crippen LogP contribution in [0.1, 0.15) is 11.6 Å². The van der Waals surface area contributed by atoms with Crippen LogP contribution in [0.3, 0.4) is 0 Å². The maximum atomic E-state index is 12.0. The number of carboxylic acid groups (broad SMARTS) is 1. The molecular formula is C9H8F3NO2S. The fraction of sp³-hybridized carbons (Fsp3) is 0.222. The summed E-state index contributed by atoms with van der Waals surface area (Å²) < 4.78 is 36.1. The van der Waals surface area contributed by atoms with Crippen molar-refractivity contribution in [2.75, 3.05) is 0 Å². The third kappa shape index (κ3) is 3.74. The first-order valence-electron chi connectivity index (χ1n) is 4.13. The SMILES string of the molecule is N[C@H](C(=O)O)c1cccc(SC(F)(F)F)c1. The van der Waals surface area contributed by atoms with Crippen LogP contribution in [0.15, 0.2) is 29.2 Å². The Kier molecular flexibility index (Phi) is 3.82. The molecule has 0 heterocycles. The highest BCUT2D eigenvalue weighted by atomic mass is 32.2. The van der Waals surface area contributed by atoms with Gasteiger partial charge in [0.2, 0.25) is 0 Å². The van der Waals surface area contributed by atoms with Gasteiger partial charge in [0.1, 0.15) is 6.04 Å². The van der Waals surface area contributed by atoms with Crippen molar-refractivity contribution in [1.82, 2.24) is 0 Å². The summed E-state index contributed by atoms with van der Waals surface area (Å²) in [7, 11) is 0. The van der Waals surface area contributed by atoms with E-state index in [4.69, 9.17) is 10.8 Å². The minimum absolute atomic E-state index is 0.0818. The van der Waals surface area contributed by atoms with Gasteiger partial charge in [0.25, 0.3) is 0 Å². The van der Waals surface area contributed by atoms with Gasteiger partial charge in [-0.2, -0.15) is 13.2 Å². The lowest BCUT2D eigenvalue weighted by molar-refractivity contribution is -0.138. The van der Waals surface area contributed by atoms with E-state index in [1.807, 2.05) is 0 Å². The van der Waals surface area contributed by atoms with E-state index in [9.17, 15) is 18.0 Å². The number of alkyl halides is 3. The lowest BCUT2D eigenvalue weighted by Gasteiger charge is -2.09. The van der Waals surface area contributed by atoms with Crippen LogP contribution in [0, 0.1) is 0 Å². The van der Waals surface area contributed by atoms with Crippen LogP contribution in [0.4, 0.5) is 13.2 Å². The van der Waals surface area contributed by atoms with Gasteiger partial charge in [-0.25, -0.2) is 0 Å². The van der Waals surface area contributed by atoms with E-state index in [0.717, 1.165) is 6.07 Å². The first-order chi connectivity index (χ1) is 7.29. The quantitative estimate of drug-likeness (QED) is 0.809. The summed E-state index contributed by atoms with van der Waals surface area (Å²) in [5, 5.41) is 8.60. The van der Waals surface area contributed by atoms with Crippen molar-refractivity contribution in [3.63, 3.8) is 0 Å². The first kappa shape index (κ1) is 12.9. The highest BCUT2D eigenvalue weighted by Gasteiger charge is 2.29. The molecule has 0 aliphatic rings. The zero-order chi connectivity index (χ0) is 12.3. The molecule has 0 saturated carbocycles. The molecule has 0 amide bonds. The van der Waals surface area contributed by atoms with Crippen molar-refractivity contribution in [3.05, 3.63) is 29.8 Å². The van der Waals surface area contributed by atoms with Crippen molar-refractivity contribution in [1.29, 1.82) is 0 Å². The van der Waals surface area contributed by atoms with Gasteiger partial charge >= 0.3 is 11.5 Å². The third-order valence-corrected chi connectivity index (χ3v) is 2.44. The lowest BCUT2D eigenvalue weighted by Crippen LogP contribution is -2.20. The van der Waals surface area contributed by atoms with Gasteiger partial charge in [-0.15, -0.1) is 0 Å². The lowest BCUT2D eigenvalue weighted by atomic mass is 10.1. The van der Waals surface area contributed by atoms with Crippen molar-refractivity contribution < 1.29 is 23.1 Å². The van der Waals surface area contributed by atoms with Crippen molar-refractivity contribution in [2.45, 2.75) is 16.4 Å². The Balaban J connectivity index is 2.91. The molecule has 7 heteroatoms. The number of aliphatic carboxylic acids is 1. The highest BCUT2D eigenvalue weighted by molar-refractivity contribution is 8.00. The topological polar surface area (TPSA) is 63.3 Å². The summed E-state index contributed by atoms with van der Waals surface area (Å²) >= 11 is -0.304. The number of rotatable bonds is 3. The van der Waals surface area contributed by atoms with Crippen LogP contribution < -0.4 is 5.73 Å². The molecule has 3 N–H and O–H groups in total. The van der Waals surface area contributed by atoms with E-state index < -0.39 is 17.5 Å². The van der Waals surface area contributed by atoms with Crippen LogP contribution in [0.5, 0.6) is 0 Å². The largest absolute Gasteiger partial charge is 0.480 e. The van der Waals surface area contributed by atoms with Gasteiger partial charge in [-0.05, 0) is 29.5 Å². The van der Waals surface area contributed by atoms with Gasteiger partial charge < -0.3 is 10.8 Å². The number of hydrogen-bond donors (Lipinski definition) is 2. The van der Waals surface area contributed by atoms with Gasteiger partial charge in [-0.3, -0.25) is 4.79 Å². The summed E-state index contributed by atoms with van der Waals surface area (Å²) in [5.41, 5.74) is 1.02. The molecule has 88 valence electrons. The summed E-state index contributed by atoms with van der Waals surface area (Å²) in [6.45, 7) is 0. The predicted molar refractivity (Wildman–Crippen MR) is 52.9 cm³/mol. The van der Waals surface area contributed by atoms with Gasteiger partial charge in [-0.1, -0.05) is 12.1 Å². The molecule has 0 spiro atoms. The van der Waals surface area contributed by atoms with E-state index in [-0.39, 0.29) is 22.2 Å². The molecule has 1 aromatic carbocycles. The number of halogens is 3. The maximum absolute atomic E-state index is 12.0. The van der Waals surface area contributed by atoms with Crippen molar-refractivity contribution in [2.24, 2.45) is 5.73 Å². The van der Waals surface area contributed by atoms with Crippen molar-refractivity contribution >= 4 is 17.7 Å². The molecule has 0 radical (unpaired) electrons. The fourth-order valence-electron chi connectivity index (χ4n) is 1.05. The number of nitrogens with two attached hydrogens (primary N) is 1. The molecular weight excluding hydrogens is 243 g/mol. The number of thioether (sulfide) groups is 1. The molecule has 0 aliphatic carbocycles. The minimum atomic E-state index is -4.40. The molecule has 0 bridgehead atoms. The standard InChI is InChI=1S/C9H8F3NO2S/c10-9(11,12)16-6-3-1-2-5(4-6)7(13)8(14)15/h1-4,7H,13H2,(H,14,15)/t7-/m0/s1. The second-order valence-corrected chi connectivity index (χ2v) is 4.07. The summed E-state index contributed by atoms with van der Waals surface area (Å²) in [6, 6.07) is 3.77. The second kappa shape index (κ2) is 4.75. The molecule has 3 nitrogen and oxygen atoms in total. The summed E-state index contributed by atoms with van der Waals surface area (Å²) in [5.74, 6) is -1.28. The normalized spacial score (nSPS) is 13.5. The fourth-order valence-corrected chi connectivity index (χ4v) is 1.66. The molecule has 1 aromatic rings. The van der Waals surface area contributed by atoms with Crippen molar-refractivity contribution in [3.8, 4) is 0 Å². The summed E-state index contributed by atoms with van der Waals surface area (Å²) in [6.07, 6.45) is 0. The van der Waals surface area contributed by atoms with E-state index in [2.05, 4.69) is 0 Å². The molecule has 0 unspecified atom stereocenters. The number of hydrogen-bond acceptors (Lipinski definition) is 3. The molecule has 1 atom stereocenters. The number of benzene rings is 1. The Bertz CT molecular complexity index is 395. The van der Waals surface area contributed by atoms with E-state index in [1.165, 1.54) is 18.2 Å². The Morgan fingerprint density at radius 1 is 1.44 bits per heavy atom. The molecule has 1 rings (SSSR count). The van der Waals surface area contributed by atoms with Crippen LogP contribution in [0.25, 0.3) is 0 Å². The van der Waals surface area contributed by atoms with E-state index in [0.29, 0.717) is 0 Å². The maximum Gasteiger partial charge on any atom is 0.446 e. The average molecular weight is 251 g/mol. The first-order valence-corrected chi connectivity index (χ1v) is 4.95. The van der Waals surface area contributed by atoms with Gasteiger partial charge in [0.15, 0.2) is 0 Å². The Hall–Kier alpha value is -1.21. The molecule has 0 aliphatic heterocycles. The smallest absolute Gasteiger partial charge is 0.446 e. The third-order valence-electron chi connectivity index (χ3n) is 1.72. The monoisotopic (exact) mass is 251 g/mol. The zero-order valence-electron chi connectivity index (χ0n) is 7.86. The molecule has 0 fully saturated rings. The van der Waals surface area contributed by atoms with E-state index in [1.54, 1.807) is 0 Å². The molecule has 16 heavy (non-hydrogen) atoms.